The summed E-state index contributed by atoms with van der Waals surface area (Å²) in [7, 11) is -2.33. The summed E-state index contributed by atoms with van der Waals surface area (Å²) in [4.78, 5) is 25.7. The number of hydrogen-bond acceptors (Lipinski definition) is 8. The van der Waals surface area contributed by atoms with Crippen LogP contribution in [0.1, 0.15) is 29.0 Å². The summed E-state index contributed by atoms with van der Waals surface area (Å²) >= 11 is 0. The van der Waals surface area contributed by atoms with Crippen molar-refractivity contribution in [2.24, 2.45) is 4.36 Å². The van der Waals surface area contributed by atoms with Crippen molar-refractivity contribution in [3.05, 3.63) is 60.2 Å². The van der Waals surface area contributed by atoms with Gasteiger partial charge >= 0.3 is 6.29 Å². The fourth-order valence-electron chi connectivity index (χ4n) is 3.14. The number of fused-ring (bicyclic) bond motifs is 1. The van der Waals surface area contributed by atoms with E-state index in [2.05, 4.69) is 34.1 Å². The van der Waals surface area contributed by atoms with Crippen LogP contribution in [0.4, 0.5) is 14.5 Å². The fraction of sp³-hybridized carbons (Fsp3) is 0.238. The molecule has 1 aliphatic rings. The van der Waals surface area contributed by atoms with Gasteiger partial charge in [0.05, 0.1) is 29.3 Å². The molecule has 4 rings (SSSR count). The lowest BCUT2D eigenvalue weighted by Gasteiger charge is -2.16. The number of nitrogens with zero attached hydrogens (tertiary/aromatic N) is 4. The van der Waals surface area contributed by atoms with Gasteiger partial charge in [-0.2, -0.15) is 4.36 Å². The minimum absolute atomic E-state index is 0.110. The molecular formula is C21H19F2N5O4S. The number of amides is 1. The molecule has 1 N–H and O–H groups in total. The number of pyridine rings is 1. The molecule has 1 aromatic carbocycles. The molecule has 1 atom stereocenters. The highest BCUT2D eigenvalue weighted by molar-refractivity contribution is 7.92. The highest BCUT2D eigenvalue weighted by atomic mass is 32.2. The Morgan fingerprint density at radius 2 is 1.82 bits per heavy atom. The Hall–Kier alpha value is -3.67. The third kappa shape index (κ3) is 5.22. The van der Waals surface area contributed by atoms with E-state index in [4.69, 9.17) is 0 Å². The minimum Gasteiger partial charge on any atom is -0.395 e. The second-order valence-corrected chi connectivity index (χ2v) is 10.0. The van der Waals surface area contributed by atoms with Gasteiger partial charge in [-0.1, -0.05) is 0 Å². The summed E-state index contributed by atoms with van der Waals surface area (Å²) in [5.74, 6) is -0.897. The van der Waals surface area contributed by atoms with Crippen LogP contribution in [0.2, 0.25) is 0 Å². The van der Waals surface area contributed by atoms with Gasteiger partial charge in [0, 0.05) is 40.2 Å². The van der Waals surface area contributed by atoms with Crippen LogP contribution in [0, 0.1) is 0 Å². The number of halogens is 2. The molecule has 33 heavy (non-hydrogen) atoms. The number of hydrogen-bond donors (Lipinski definition) is 1. The predicted octanol–water partition coefficient (Wildman–Crippen LogP) is 3.71. The van der Waals surface area contributed by atoms with E-state index in [0.717, 1.165) is 0 Å². The Labute approximate surface area is 188 Å². The molecule has 0 saturated heterocycles. The summed E-state index contributed by atoms with van der Waals surface area (Å²) in [6.07, 6.45) is 3.74. The Morgan fingerprint density at radius 1 is 1.09 bits per heavy atom. The lowest BCUT2D eigenvalue weighted by Crippen LogP contribution is -2.28. The quantitative estimate of drug-likeness (QED) is 0.598. The normalized spacial score (nSPS) is 15.1. The zero-order valence-electron chi connectivity index (χ0n) is 17.8. The van der Waals surface area contributed by atoms with Crippen molar-refractivity contribution < 1.29 is 27.3 Å². The maximum absolute atomic E-state index is 13.2. The average molecular weight is 475 g/mol. The largest absolute Gasteiger partial charge is 0.586 e. The third-order valence-corrected chi connectivity index (χ3v) is 5.11. The molecule has 0 aliphatic carbocycles. The van der Waals surface area contributed by atoms with Crippen molar-refractivity contribution in [2.45, 2.75) is 19.3 Å². The number of nitrogens with one attached hydrogen (secondary N) is 1. The number of carbonyl (C=O) groups excluding carboxylic acids is 1. The molecule has 12 heteroatoms. The van der Waals surface area contributed by atoms with E-state index in [-0.39, 0.29) is 17.1 Å². The first-order valence-corrected chi connectivity index (χ1v) is 12.0. The first kappa shape index (κ1) is 22.5. The smallest absolute Gasteiger partial charge is 0.395 e. The molecular weight excluding hydrogens is 456 g/mol. The van der Waals surface area contributed by atoms with Gasteiger partial charge in [0.1, 0.15) is 5.69 Å². The van der Waals surface area contributed by atoms with Crippen LogP contribution in [0.5, 0.6) is 11.5 Å². The number of ether oxygens (including phenoxy) is 2. The maximum atomic E-state index is 13.2. The molecule has 3 aromatic rings. The molecule has 0 unspecified atom stereocenters. The topological polar surface area (TPSA) is 116 Å². The molecule has 172 valence electrons. The Morgan fingerprint density at radius 3 is 2.52 bits per heavy atom. The van der Waals surface area contributed by atoms with E-state index in [1.54, 1.807) is 19.1 Å². The Bertz CT molecular complexity index is 1330. The van der Waals surface area contributed by atoms with Gasteiger partial charge in [0.15, 0.2) is 11.5 Å². The summed E-state index contributed by atoms with van der Waals surface area (Å²) in [5, 5.41) is 2.77. The van der Waals surface area contributed by atoms with Crippen molar-refractivity contribution in [3.8, 4) is 22.9 Å². The van der Waals surface area contributed by atoms with Crippen molar-refractivity contribution in [2.75, 3.05) is 12.5 Å². The van der Waals surface area contributed by atoms with Crippen molar-refractivity contribution in [1.29, 1.82) is 0 Å². The van der Waals surface area contributed by atoms with Crippen LogP contribution < -0.4 is 14.8 Å². The van der Waals surface area contributed by atoms with Crippen molar-refractivity contribution >= 4 is 21.3 Å². The first-order valence-electron chi connectivity index (χ1n) is 9.66. The number of benzene rings is 1. The molecule has 1 amide bonds. The third-order valence-electron chi connectivity index (χ3n) is 4.46. The van der Waals surface area contributed by atoms with E-state index in [1.807, 2.05) is 0 Å². The molecule has 0 radical (unpaired) electrons. The van der Waals surface area contributed by atoms with Crippen molar-refractivity contribution in [3.63, 3.8) is 0 Å². The molecule has 1 aliphatic heterocycles. The summed E-state index contributed by atoms with van der Waals surface area (Å²) in [6, 6.07) is 6.52. The highest BCUT2D eigenvalue weighted by Gasteiger charge is 2.43. The molecule has 0 spiro atoms. The van der Waals surface area contributed by atoms with Gasteiger partial charge in [-0.3, -0.25) is 19.7 Å². The number of rotatable bonds is 5. The van der Waals surface area contributed by atoms with Gasteiger partial charge in [-0.05, 0) is 37.3 Å². The molecule has 0 bridgehead atoms. The fourth-order valence-corrected chi connectivity index (χ4v) is 3.75. The molecule has 0 fully saturated rings. The Balaban J connectivity index is 1.55. The zero-order chi connectivity index (χ0) is 23.8. The van der Waals surface area contributed by atoms with Gasteiger partial charge in [-0.15, -0.1) is 8.78 Å². The SMILES string of the molecule is C[C@H](NC(=O)c1ccc2c(c1)OC(F)(F)O2)c1nccnc1-c1ccc(N=S(C)(C)=O)cn1. The van der Waals surface area contributed by atoms with Crippen LogP contribution in [-0.2, 0) is 9.73 Å². The molecule has 3 heterocycles. The second-order valence-electron chi connectivity index (χ2n) is 7.49. The van der Waals surface area contributed by atoms with E-state index in [1.165, 1.54) is 49.3 Å². The lowest BCUT2D eigenvalue weighted by atomic mass is 10.1. The standard InChI is InChI=1S/C21H19F2N5O4S/c1-12(27-20(29)13-4-7-16-17(10-13)32-21(22,23)31-16)18-19(25-9-8-24-18)15-6-5-14(11-26-15)28-33(2,3)30/h4-12H,1-3H3,(H,27,29)/t12-/m0/s1. The minimum atomic E-state index is -3.76. The monoisotopic (exact) mass is 475 g/mol. The summed E-state index contributed by atoms with van der Waals surface area (Å²) in [6.45, 7) is 1.71. The zero-order valence-corrected chi connectivity index (χ0v) is 18.6. The van der Waals surface area contributed by atoms with Gasteiger partial charge < -0.3 is 14.8 Å². The first-order chi connectivity index (χ1) is 15.5. The maximum Gasteiger partial charge on any atom is 0.586 e. The number of aromatic nitrogens is 3. The summed E-state index contributed by atoms with van der Waals surface area (Å²) < 4.78 is 51.2. The van der Waals surface area contributed by atoms with E-state index in [0.29, 0.717) is 22.8 Å². The van der Waals surface area contributed by atoms with Crippen LogP contribution in [-0.4, -0.2) is 43.9 Å². The average Bonchev–Trinajstić information content (AvgIpc) is 3.06. The van der Waals surface area contributed by atoms with Crippen molar-refractivity contribution in [1.82, 2.24) is 20.3 Å². The molecule has 0 saturated carbocycles. The number of carbonyl (C=O) groups is 1. The van der Waals surface area contributed by atoms with E-state index < -0.39 is 28.0 Å². The van der Waals surface area contributed by atoms with Gasteiger partial charge in [0.25, 0.3) is 5.91 Å². The second kappa shape index (κ2) is 8.35. The molecule has 9 nitrogen and oxygen atoms in total. The van der Waals surface area contributed by atoms with Crippen LogP contribution >= 0.6 is 0 Å². The molecule has 2 aromatic heterocycles. The predicted molar refractivity (Wildman–Crippen MR) is 116 cm³/mol. The van der Waals surface area contributed by atoms with E-state index >= 15 is 0 Å². The van der Waals surface area contributed by atoms with Crippen LogP contribution in [0.15, 0.2) is 53.3 Å². The van der Waals surface area contributed by atoms with Crippen LogP contribution in [0.3, 0.4) is 0 Å². The van der Waals surface area contributed by atoms with Gasteiger partial charge in [-0.25, -0.2) is 4.21 Å². The lowest BCUT2D eigenvalue weighted by molar-refractivity contribution is -0.286. The van der Waals surface area contributed by atoms with E-state index in [9.17, 15) is 17.8 Å². The number of alkyl halides is 2. The van der Waals surface area contributed by atoms with Crippen LogP contribution in [0.25, 0.3) is 11.4 Å². The highest BCUT2D eigenvalue weighted by Crippen LogP contribution is 2.41. The summed E-state index contributed by atoms with van der Waals surface area (Å²) in [5.41, 5.74) is 1.95. The van der Waals surface area contributed by atoms with Gasteiger partial charge in [0.2, 0.25) is 0 Å². The Kier molecular flexibility index (Phi) is 5.70.